The molecule has 0 aliphatic heterocycles. The van der Waals surface area contributed by atoms with E-state index in [1.54, 1.807) is 12.4 Å². The predicted molar refractivity (Wildman–Crippen MR) is 113 cm³/mol. The zero-order valence-electron chi connectivity index (χ0n) is 16.5. The molecule has 9 nitrogen and oxygen atoms in total. The van der Waals surface area contributed by atoms with E-state index in [2.05, 4.69) is 48.6 Å². The molecule has 2 N–H and O–H groups in total. The van der Waals surface area contributed by atoms with E-state index in [-0.39, 0.29) is 0 Å². The average Bonchev–Trinajstić information content (AvgIpc) is 3.49. The van der Waals surface area contributed by atoms with Crippen LogP contribution in [0, 0.1) is 0 Å². The molecule has 0 saturated heterocycles. The van der Waals surface area contributed by atoms with Gasteiger partial charge in [-0.1, -0.05) is 13.8 Å². The van der Waals surface area contributed by atoms with Crippen molar-refractivity contribution in [3.63, 3.8) is 0 Å². The van der Waals surface area contributed by atoms with Crippen molar-refractivity contribution in [3.8, 4) is 11.3 Å². The predicted octanol–water partition coefficient (Wildman–Crippen LogP) is 3.18. The van der Waals surface area contributed by atoms with Gasteiger partial charge in [-0.25, -0.2) is 9.97 Å². The molecule has 0 unspecified atom stereocenters. The van der Waals surface area contributed by atoms with Gasteiger partial charge in [0.1, 0.15) is 5.00 Å². The molecule has 0 radical (unpaired) electrons. The van der Waals surface area contributed by atoms with Crippen LogP contribution in [0.25, 0.3) is 16.9 Å². The lowest BCUT2D eigenvalue weighted by molar-refractivity contribution is 0.0941. The minimum absolute atomic E-state index is 0.505. The molecule has 0 fully saturated rings. The van der Waals surface area contributed by atoms with Crippen molar-refractivity contribution in [3.05, 3.63) is 42.7 Å². The van der Waals surface area contributed by atoms with Crippen LogP contribution in [0.4, 0.5) is 10.8 Å². The van der Waals surface area contributed by atoms with Gasteiger partial charge in [-0.15, -0.1) is 0 Å². The Morgan fingerprint density at radius 1 is 1.24 bits per heavy atom. The Morgan fingerprint density at radius 3 is 2.93 bits per heavy atom. The molecule has 4 aromatic heterocycles. The van der Waals surface area contributed by atoms with Crippen LogP contribution >= 0.6 is 11.5 Å². The lowest BCUT2D eigenvalue weighted by Crippen LogP contribution is -2.26. The SMILES string of the molecule is CCN(CC)CCOCc1cc(Nc2nccn3c(-c4cn[nH]c4)cnc23)sn1. The van der Waals surface area contributed by atoms with Crippen LogP contribution in [0.3, 0.4) is 0 Å². The third kappa shape index (κ3) is 4.44. The summed E-state index contributed by atoms with van der Waals surface area (Å²) < 4.78 is 12.2. The quantitative estimate of drug-likeness (QED) is 0.386. The fourth-order valence-electron chi connectivity index (χ4n) is 3.08. The highest BCUT2D eigenvalue weighted by molar-refractivity contribution is 7.10. The number of imidazole rings is 1. The molecule has 0 aliphatic rings. The Labute approximate surface area is 172 Å². The second-order valence-electron chi connectivity index (χ2n) is 6.49. The largest absolute Gasteiger partial charge is 0.374 e. The molecule has 0 amide bonds. The molecule has 4 aromatic rings. The number of nitrogens with one attached hydrogen (secondary N) is 2. The summed E-state index contributed by atoms with van der Waals surface area (Å²) in [5, 5.41) is 11.1. The molecule has 29 heavy (non-hydrogen) atoms. The van der Waals surface area contributed by atoms with Crippen LogP contribution in [0.1, 0.15) is 19.5 Å². The Balaban J connectivity index is 1.41. The van der Waals surface area contributed by atoms with Gasteiger partial charge in [-0.2, -0.15) is 9.47 Å². The highest BCUT2D eigenvalue weighted by Crippen LogP contribution is 2.26. The zero-order chi connectivity index (χ0) is 20.1. The number of hydrogen-bond donors (Lipinski definition) is 2. The summed E-state index contributed by atoms with van der Waals surface area (Å²) in [6.45, 7) is 8.55. The van der Waals surface area contributed by atoms with Crippen LogP contribution in [-0.4, -0.2) is 60.1 Å². The average molecular weight is 413 g/mol. The minimum atomic E-state index is 0.505. The van der Waals surface area contributed by atoms with E-state index < -0.39 is 0 Å². The first-order valence-electron chi connectivity index (χ1n) is 9.62. The summed E-state index contributed by atoms with van der Waals surface area (Å²) in [5.41, 5.74) is 3.57. The highest BCUT2D eigenvalue weighted by atomic mass is 32.1. The van der Waals surface area contributed by atoms with Crippen molar-refractivity contribution >= 4 is 28.0 Å². The van der Waals surface area contributed by atoms with E-state index >= 15 is 0 Å². The maximum atomic E-state index is 5.77. The van der Waals surface area contributed by atoms with E-state index in [1.165, 1.54) is 11.5 Å². The lowest BCUT2D eigenvalue weighted by atomic mass is 10.3. The number of rotatable bonds is 10. The summed E-state index contributed by atoms with van der Waals surface area (Å²) in [6.07, 6.45) is 9.06. The van der Waals surface area contributed by atoms with Gasteiger partial charge in [0.05, 0.1) is 37.0 Å². The van der Waals surface area contributed by atoms with E-state index in [1.807, 2.05) is 29.1 Å². The number of aromatic amines is 1. The standard InChI is InChI=1S/C19H24N8OS/c1-3-26(4-2)7-8-28-13-15-9-17(29-25-15)24-18-19-21-12-16(14-10-22-23-11-14)27(19)6-5-20-18/h5-6,9-12H,3-4,7-8,13H2,1-2H3,(H,20,24)(H,22,23). The molecule has 152 valence electrons. The topological polar surface area (TPSA) is 96.3 Å². The molecular formula is C19H24N8OS. The molecule has 0 aliphatic carbocycles. The van der Waals surface area contributed by atoms with Gasteiger partial charge in [0.25, 0.3) is 0 Å². The van der Waals surface area contributed by atoms with Crippen LogP contribution < -0.4 is 5.32 Å². The molecule has 0 atom stereocenters. The second-order valence-corrected chi connectivity index (χ2v) is 7.29. The number of fused-ring (bicyclic) bond motifs is 1. The van der Waals surface area contributed by atoms with Crippen LogP contribution in [-0.2, 0) is 11.3 Å². The van der Waals surface area contributed by atoms with Gasteiger partial charge in [0.15, 0.2) is 11.5 Å². The van der Waals surface area contributed by atoms with E-state index in [0.29, 0.717) is 19.0 Å². The number of H-pyrrole nitrogens is 1. The summed E-state index contributed by atoms with van der Waals surface area (Å²) in [5.74, 6) is 0.680. The second kappa shape index (κ2) is 9.12. The van der Waals surface area contributed by atoms with E-state index in [0.717, 1.165) is 47.2 Å². The van der Waals surface area contributed by atoms with Crippen molar-refractivity contribution in [1.29, 1.82) is 0 Å². The lowest BCUT2D eigenvalue weighted by Gasteiger charge is -2.17. The van der Waals surface area contributed by atoms with Gasteiger partial charge in [-0.3, -0.25) is 9.50 Å². The van der Waals surface area contributed by atoms with Crippen LogP contribution in [0.2, 0.25) is 0 Å². The summed E-state index contributed by atoms with van der Waals surface area (Å²) in [4.78, 5) is 11.3. The number of anilines is 2. The number of likely N-dealkylation sites (N-methyl/N-ethyl adjacent to an activating group) is 1. The molecule has 0 aromatic carbocycles. The zero-order valence-corrected chi connectivity index (χ0v) is 17.3. The Kier molecular flexibility index (Phi) is 6.13. The number of ether oxygens (including phenoxy) is 1. The third-order valence-corrected chi connectivity index (χ3v) is 5.46. The van der Waals surface area contributed by atoms with Crippen LogP contribution in [0.5, 0.6) is 0 Å². The minimum Gasteiger partial charge on any atom is -0.374 e. The number of nitrogens with zero attached hydrogens (tertiary/aromatic N) is 6. The Morgan fingerprint density at radius 2 is 2.14 bits per heavy atom. The molecule has 10 heteroatoms. The van der Waals surface area contributed by atoms with Crippen molar-refractivity contribution in [2.75, 3.05) is 31.6 Å². The third-order valence-electron chi connectivity index (χ3n) is 4.72. The van der Waals surface area contributed by atoms with Gasteiger partial charge < -0.3 is 15.0 Å². The fraction of sp³-hybridized carbons (Fsp3) is 0.368. The molecule has 0 bridgehead atoms. The van der Waals surface area contributed by atoms with Crippen molar-refractivity contribution in [2.24, 2.45) is 0 Å². The maximum absolute atomic E-state index is 5.77. The highest BCUT2D eigenvalue weighted by Gasteiger charge is 2.12. The Hall–Kier alpha value is -2.82. The van der Waals surface area contributed by atoms with Gasteiger partial charge in [-0.05, 0) is 30.7 Å². The maximum Gasteiger partial charge on any atom is 0.180 e. The number of hydrogen-bond acceptors (Lipinski definition) is 8. The van der Waals surface area contributed by atoms with E-state index in [9.17, 15) is 0 Å². The monoisotopic (exact) mass is 412 g/mol. The first kappa shape index (κ1) is 19.5. The molecule has 4 rings (SSSR count). The van der Waals surface area contributed by atoms with E-state index in [4.69, 9.17) is 4.74 Å². The smallest absolute Gasteiger partial charge is 0.180 e. The van der Waals surface area contributed by atoms with Crippen LogP contribution in [0.15, 0.2) is 37.1 Å². The fourth-order valence-corrected chi connectivity index (χ4v) is 3.73. The van der Waals surface area contributed by atoms with Gasteiger partial charge in [0, 0.05) is 30.7 Å². The van der Waals surface area contributed by atoms with Gasteiger partial charge >= 0.3 is 0 Å². The summed E-state index contributed by atoms with van der Waals surface area (Å²) in [6, 6.07) is 1.99. The molecular weight excluding hydrogens is 388 g/mol. The number of aromatic nitrogens is 6. The Bertz CT molecular complexity index is 1040. The molecule has 0 spiro atoms. The summed E-state index contributed by atoms with van der Waals surface area (Å²) in [7, 11) is 0. The molecule has 4 heterocycles. The first-order chi connectivity index (χ1) is 14.3. The van der Waals surface area contributed by atoms with Crippen molar-refractivity contribution in [1.82, 2.24) is 33.8 Å². The normalized spacial score (nSPS) is 11.6. The summed E-state index contributed by atoms with van der Waals surface area (Å²) >= 11 is 1.39. The first-order valence-corrected chi connectivity index (χ1v) is 10.4. The van der Waals surface area contributed by atoms with Crippen molar-refractivity contribution < 1.29 is 4.74 Å². The van der Waals surface area contributed by atoms with Gasteiger partial charge in [0.2, 0.25) is 0 Å². The van der Waals surface area contributed by atoms with Crippen molar-refractivity contribution in [2.45, 2.75) is 20.5 Å². The molecule has 0 saturated carbocycles.